The third-order valence-electron chi connectivity index (χ3n) is 5.50. The molecule has 0 aliphatic carbocycles. The van der Waals surface area contributed by atoms with Gasteiger partial charge in [0.2, 0.25) is 11.8 Å². The summed E-state index contributed by atoms with van der Waals surface area (Å²) in [7, 11) is 1.52. The van der Waals surface area contributed by atoms with Crippen molar-refractivity contribution in [1.29, 1.82) is 0 Å². The van der Waals surface area contributed by atoms with Crippen LogP contribution in [0, 0.1) is 5.92 Å². The number of hydrogen-bond donors (Lipinski definition) is 3. The van der Waals surface area contributed by atoms with Gasteiger partial charge in [0.25, 0.3) is 0 Å². The number of nitrogens with one attached hydrogen (secondary N) is 2. The Morgan fingerprint density at radius 1 is 1.24 bits per heavy atom. The van der Waals surface area contributed by atoms with Crippen molar-refractivity contribution >= 4 is 17.8 Å². The Kier molecular flexibility index (Phi) is 11.6. The average Bonchev–Trinajstić information content (AvgIpc) is 2.80. The third-order valence-corrected chi connectivity index (χ3v) is 5.50. The maximum absolute atomic E-state index is 13.2. The van der Waals surface area contributed by atoms with Gasteiger partial charge in [-0.1, -0.05) is 42.5 Å². The maximum Gasteiger partial charge on any atom is 0.306 e. The lowest BCUT2D eigenvalue weighted by Gasteiger charge is -2.29. The Balaban J connectivity index is 2.29. The van der Waals surface area contributed by atoms with Crippen LogP contribution in [0.15, 0.2) is 42.5 Å². The minimum absolute atomic E-state index is 0.0179. The molecule has 33 heavy (non-hydrogen) atoms. The van der Waals surface area contributed by atoms with Gasteiger partial charge in [-0.15, -0.1) is 0 Å². The summed E-state index contributed by atoms with van der Waals surface area (Å²) in [6.45, 7) is 1.65. The summed E-state index contributed by atoms with van der Waals surface area (Å²) >= 11 is 0. The van der Waals surface area contributed by atoms with E-state index >= 15 is 0 Å². The number of benzene rings is 1. The quantitative estimate of drug-likeness (QED) is 0.425. The van der Waals surface area contributed by atoms with Crippen LogP contribution in [0.3, 0.4) is 0 Å². The van der Waals surface area contributed by atoms with Crippen LogP contribution in [-0.2, 0) is 23.9 Å². The minimum atomic E-state index is -0.718. The molecular formula is C25H36N2O6. The van der Waals surface area contributed by atoms with Crippen molar-refractivity contribution in [2.45, 2.75) is 63.6 Å². The van der Waals surface area contributed by atoms with Crippen LogP contribution in [0.5, 0.6) is 0 Å². The zero-order valence-corrected chi connectivity index (χ0v) is 19.5. The Morgan fingerprint density at radius 3 is 2.70 bits per heavy atom. The molecule has 8 heteroatoms. The first-order valence-corrected chi connectivity index (χ1v) is 11.5. The van der Waals surface area contributed by atoms with E-state index in [9.17, 15) is 19.5 Å². The molecule has 2 amide bonds. The first-order valence-electron chi connectivity index (χ1n) is 11.5. The Bertz CT molecular complexity index is 782. The summed E-state index contributed by atoms with van der Waals surface area (Å²) in [5, 5.41) is 14.8. The molecule has 4 atom stereocenters. The van der Waals surface area contributed by atoms with E-state index in [1.807, 2.05) is 42.5 Å². The number of allylic oxidation sites excluding steroid dienone is 2. The first-order chi connectivity index (χ1) is 15.9. The average molecular weight is 461 g/mol. The van der Waals surface area contributed by atoms with Gasteiger partial charge in [-0.05, 0) is 38.2 Å². The molecule has 1 aliphatic rings. The number of methoxy groups -OCH3 is 1. The normalized spacial score (nSPS) is 23.7. The first kappa shape index (κ1) is 26.5. The molecule has 182 valence electrons. The molecule has 0 fully saturated rings. The van der Waals surface area contributed by atoms with Crippen LogP contribution in [0.1, 0.15) is 57.1 Å². The van der Waals surface area contributed by atoms with Gasteiger partial charge in [-0.25, -0.2) is 0 Å². The van der Waals surface area contributed by atoms with Gasteiger partial charge in [0.05, 0.1) is 25.2 Å². The van der Waals surface area contributed by atoms with Gasteiger partial charge in [0, 0.05) is 26.0 Å². The predicted molar refractivity (Wildman–Crippen MR) is 124 cm³/mol. The Hall–Kier alpha value is -2.71. The van der Waals surface area contributed by atoms with Crippen molar-refractivity contribution in [2.24, 2.45) is 5.92 Å². The van der Waals surface area contributed by atoms with E-state index < -0.39 is 24.1 Å². The van der Waals surface area contributed by atoms with Crippen LogP contribution in [0.25, 0.3) is 0 Å². The lowest BCUT2D eigenvalue weighted by Crippen LogP contribution is -2.47. The molecule has 0 saturated carbocycles. The zero-order chi connectivity index (χ0) is 24.1. The summed E-state index contributed by atoms with van der Waals surface area (Å²) in [5.74, 6) is -1.56. The van der Waals surface area contributed by atoms with Gasteiger partial charge in [0.1, 0.15) is 6.10 Å². The number of rotatable bonds is 7. The summed E-state index contributed by atoms with van der Waals surface area (Å²) in [5.41, 5.74) is 0.756. The van der Waals surface area contributed by atoms with E-state index in [-0.39, 0.29) is 37.4 Å². The zero-order valence-electron chi connectivity index (χ0n) is 19.5. The molecule has 1 aromatic carbocycles. The molecule has 0 radical (unpaired) electrons. The number of hydrogen-bond acceptors (Lipinski definition) is 6. The number of carbonyl (C=O) groups excluding carboxylic acids is 3. The van der Waals surface area contributed by atoms with Crippen molar-refractivity contribution in [1.82, 2.24) is 10.6 Å². The highest BCUT2D eigenvalue weighted by Gasteiger charge is 2.31. The number of amides is 2. The van der Waals surface area contributed by atoms with Gasteiger partial charge in [-0.2, -0.15) is 0 Å². The molecule has 8 nitrogen and oxygen atoms in total. The minimum Gasteiger partial charge on any atom is -0.455 e. The molecule has 0 bridgehead atoms. The van der Waals surface area contributed by atoms with Crippen LogP contribution < -0.4 is 10.6 Å². The number of cyclic esters (lactones) is 1. The van der Waals surface area contributed by atoms with Crippen molar-refractivity contribution in [3.63, 3.8) is 0 Å². The fourth-order valence-electron chi connectivity index (χ4n) is 3.71. The standard InChI is InChI=1S/C25H36N2O6/c1-18(16-28)26-22(29)15-20-13-7-4-3-5-10-14-23(30)33-24(19-11-8-6-9-12-19)21(17-32-2)27-25(20)31/h4,6-9,11-12,18,20-21,24,28H,3,5,10,13-17H2,1-2H3,(H,26,29)(H,27,31). The second-order valence-corrected chi connectivity index (χ2v) is 8.40. The lowest BCUT2D eigenvalue weighted by molar-refractivity contribution is -0.153. The van der Waals surface area contributed by atoms with Gasteiger partial charge >= 0.3 is 5.97 Å². The molecule has 4 unspecified atom stereocenters. The van der Waals surface area contributed by atoms with E-state index in [1.54, 1.807) is 6.92 Å². The Labute approximate surface area is 195 Å². The van der Waals surface area contributed by atoms with E-state index in [1.165, 1.54) is 7.11 Å². The van der Waals surface area contributed by atoms with Crippen molar-refractivity contribution in [3.8, 4) is 0 Å². The molecule has 0 spiro atoms. The van der Waals surface area contributed by atoms with Crippen molar-refractivity contribution < 1.29 is 29.0 Å². The molecule has 1 aliphatic heterocycles. The fourth-order valence-corrected chi connectivity index (χ4v) is 3.71. The van der Waals surface area contributed by atoms with E-state index in [0.29, 0.717) is 19.3 Å². The molecule has 0 aromatic heterocycles. The Morgan fingerprint density at radius 2 is 2.00 bits per heavy atom. The molecule has 1 heterocycles. The maximum atomic E-state index is 13.2. The molecular weight excluding hydrogens is 424 g/mol. The lowest BCUT2D eigenvalue weighted by atomic mass is 9.96. The number of esters is 1. The summed E-state index contributed by atoms with van der Waals surface area (Å²) in [6, 6.07) is 8.24. The highest BCUT2D eigenvalue weighted by molar-refractivity contribution is 5.86. The van der Waals surface area contributed by atoms with Gasteiger partial charge in [-0.3, -0.25) is 14.4 Å². The largest absolute Gasteiger partial charge is 0.455 e. The fraction of sp³-hybridized carbons (Fsp3) is 0.560. The molecule has 3 N–H and O–H groups in total. The topological polar surface area (TPSA) is 114 Å². The second-order valence-electron chi connectivity index (χ2n) is 8.40. The predicted octanol–water partition coefficient (Wildman–Crippen LogP) is 2.43. The third kappa shape index (κ3) is 9.35. The highest BCUT2D eigenvalue weighted by atomic mass is 16.5. The van der Waals surface area contributed by atoms with E-state index in [2.05, 4.69) is 10.6 Å². The van der Waals surface area contributed by atoms with Crippen LogP contribution in [-0.4, -0.2) is 55.3 Å². The van der Waals surface area contributed by atoms with Crippen LogP contribution in [0.4, 0.5) is 0 Å². The summed E-state index contributed by atoms with van der Waals surface area (Å²) < 4.78 is 11.2. The molecule has 0 saturated heterocycles. The summed E-state index contributed by atoms with van der Waals surface area (Å²) in [6.07, 6.45) is 6.18. The number of aliphatic hydroxyl groups excluding tert-OH is 1. The molecule has 2 rings (SSSR count). The molecule has 1 aromatic rings. The summed E-state index contributed by atoms with van der Waals surface area (Å²) in [4.78, 5) is 38.2. The number of aliphatic hydroxyl groups is 1. The van der Waals surface area contributed by atoms with Crippen molar-refractivity contribution in [3.05, 3.63) is 48.0 Å². The van der Waals surface area contributed by atoms with Crippen LogP contribution in [0.2, 0.25) is 0 Å². The monoisotopic (exact) mass is 460 g/mol. The highest BCUT2D eigenvalue weighted by Crippen LogP contribution is 2.24. The van der Waals surface area contributed by atoms with Gasteiger partial charge < -0.3 is 25.2 Å². The van der Waals surface area contributed by atoms with Crippen LogP contribution >= 0.6 is 0 Å². The van der Waals surface area contributed by atoms with Crippen molar-refractivity contribution in [2.75, 3.05) is 20.3 Å². The smallest absolute Gasteiger partial charge is 0.306 e. The second kappa shape index (κ2) is 14.4. The van der Waals surface area contributed by atoms with E-state index in [4.69, 9.17) is 9.47 Å². The van der Waals surface area contributed by atoms with E-state index in [0.717, 1.165) is 18.4 Å². The number of carbonyl (C=O) groups is 3. The van der Waals surface area contributed by atoms with Gasteiger partial charge in [0.15, 0.2) is 0 Å². The number of ether oxygens (including phenoxy) is 2. The SMILES string of the molecule is COCC1NC(=O)C(CC(=O)NC(C)CO)CC=CCCCCC(=O)OC1c1ccccc1.